The number of halogens is 1. The van der Waals surface area contributed by atoms with E-state index in [-0.39, 0.29) is 11.9 Å². The van der Waals surface area contributed by atoms with Gasteiger partial charge in [-0.2, -0.15) is 0 Å². The van der Waals surface area contributed by atoms with Crippen molar-refractivity contribution in [1.82, 2.24) is 5.32 Å². The zero-order valence-corrected chi connectivity index (χ0v) is 10.8. The number of nitrogens with one attached hydrogen (secondary N) is 1. The van der Waals surface area contributed by atoms with E-state index >= 15 is 0 Å². The average Bonchev–Trinajstić information content (AvgIpc) is 2.85. The summed E-state index contributed by atoms with van der Waals surface area (Å²) >= 11 is 5.79. The number of benzene rings is 1. The third-order valence-electron chi connectivity index (χ3n) is 2.63. The lowest BCUT2D eigenvalue weighted by molar-refractivity contribution is -0.121. The fourth-order valence-electron chi connectivity index (χ4n) is 1.69. The summed E-state index contributed by atoms with van der Waals surface area (Å²) in [6, 6.07) is 10.8. The Morgan fingerprint density at radius 3 is 2.67 bits per heavy atom. The molecule has 0 aliphatic rings. The van der Waals surface area contributed by atoms with Gasteiger partial charge in [-0.3, -0.25) is 4.79 Å². The second-order valence-corrected chi connectivity index (χ2v) is 4.54. The Morgan fingerprint density at radius 1 is 1.33 bits per heavy atom. The molecule has 1 aromatic carbocycles. The number of rotatable bonds is 4. The van der Waals surface area contributed by atoms with E-state index in [0.29, 0.717) is 11.4 Å². The molecule has 4 heteroatoms. The zero-order chi connectivity index (χ0) is 13.0. The monoisotopic (exact) mass is 263 g/mol. The van der Waals surface area contributed by atoms with Gasteiger partial charge in [-0.25, -0.2) is 0 Å². The van der Waals surface area contributed by atoms with Crippen LogP contribution in [0.4, 0.5) is 0 Å². The predicted octanol–water partition coefficient (Wildman–Crippen LogP) is 3.35. The zero-order valence-electron chi connectivity index (χ0n) is 10.0. The summed E-state index contributed by atoms with van der Waals surface area (Å²) < 4.78 is 5.23. The van der Waals surface area contributed by atoms with Gasteiger partial charge in [0, 0.05) is 5.02 Å². The molecule has 0 aliphatic carbocycles. The van der Waals surface area contributed by atoms with Crippen LogP contribution in [-0.2, 0) is 11.2 Å². The van der Waals surface area contributed by atoms with Gasteiger partial charge in [0.15, 0.2) is 0 Å². The minimum Gasteiger partial charge on any atom is -0.467 e. The molecule has 1 N–H and O–H groups in total. The summed E-state index contributed by atoms with van der Waals surface area (Å²) in [5, 5.41) is 3.55. The van der Waals surface area contributed by atoms with E-state index in [1.54, 1.807) is 24.5 Å². The van der Waals surface area contributed by atoms with Crippen molar-refractivity contribution < 1.29 is 9.21 Å². The molecule has 1 heterocycles. The molecular formula is C14H14ClNO2. The minimum absolute atomic E-state index is 0.0405. The lowest BCUT2D eigenvalue weighted by Crippen LogP contribution is -2.27. The Labute approximate surface area is 111 Å². The fraction of sp³-hybridized carbons (Fsp3) is 0.214. The molecule has 0 unspecified atom stereocenters. The average molecular weight is 264 g/mol. The highest BCUT2D eigenvalue weighted by molar-refractivity contribution is 6.30. The molecule has 0 fully saturated rings. The first kappa shape index (κ1) is 12.7. The smallest absolute Gasteiger partial charge is 0.224 e. The minimum atomic E-state index is -0.125. The van der Waals surface area contributed by atoms with Crippen molar-refractivity contribution in [2.45, 2.75) is 19.4 Å². The molecule has 0 spiro atoms. The maximum absolute atomic E-state index is 11.8. The Hall–Kier alpha value is -1.74. The quantitative estimate of drug-likeness (QED) is 0.919. The summed E-state index contributed by atoms with van der Waals surface area (Å²) in [6.07, 6.45) is 1.93. The lowest BCUT2D eigenvalue weighted by atomic mass is 10.1. The standard InChI is InChI=1S/C14H14ClNO2/c1-10(13-3-2-8-18-13)16-14(17)9-11-4-6-12(15)7-5-11/h2-8,10H,9H2,1H3,(H,16,17)/t10-/m0/s1. The molecule has 0 saturated heterocycles. The van der Waals surface area contributed by atoms with Crippen molar-refractivity contribution in [2.24, 2.45) is 0 Å². The third kappa shape index (κ3) is 3.37. The summed E-state index contributed by atoms with van der Waals surface area (Å²) in [5.74, 6) is 0.709. The number of hydrogen-bond donors (Lipinski definition) is 1. The predicted molar refractivity (Wildman–Crippen MR) is 70.4 cm³/mol. The topological polar surface area (TPSA) is 42.2 Å². The Bertz CT molecular complexity index is 505. The van der Waals surface area contributed by atoms with Crippen molar-refractivity contribution in [3.05, 3.63) is 59.0 Å². The molecule has 1 atom stereocenters. The van der Waals surface area contributed by atoms with Crippen LogP contribution in [0.1, 0.15) is 24.3 Å². The van der Waals surface area contributed by atoms with Crippen LogP contribution < -0.4 is 5.32 Å². The summed E-state index contributed by atoms with van der Waals surface area (Å²) in [4.78, 5) is 11.8. The highest BCUT2D eigenvalue weighted by Gasteiger charge is 2.11. The first-order chi connectivity index (χ1) is 8.65. The van der Waals surface area contributed by atoms with Crippen LogP contribution in [0.2, 0.25) is 5.02 Å². The van der Waals surface area contributed by atoms with Gasteiger partial charge in [-0.05, 0) is 36.8 Å². The Morgan fingerprint density at radius 2 is 2.06 bits per heavy atom. The van der Waals surface area contributed by atoms with Crippen molar-refractivity contribution in [3.8, 4) is 0 Å². The van der Waals surface area contributed by atoms with Gasteiger partial charge >= 0.3 is 0 Å². The molecule has 2 aromatic rings. The molecule has 1 amide bonds. The van der Waals surface area contributed by atoms with E-state index in [1.165, 1.54) is 0 Å². The van der Waals surface area contributed by atoms with Crippen molar-refractivity contribution >= 4 is 17.5 Å². The number of carbonyl (C=O) groups is 1. The fourth-order valence-corrected chi connectivity index (χ4v) is 1.81. The van der Waals surface area contributed by atoms with Gasteiger partial charge in [0.05, 0.1) is 18.7 Å². The lowest BCUT2D eigenvalue weighted by Gasteiger charge is -2.11. The van der Waals surface area contributed by atoms with E-state index in [0.717, 1.165) is 11.3 Å². The van der Waals surface area contributed by atoms with Crippen molar-refractivity contribution in [3.63, 3.8) is 0 Å². The summed E-state index contributed by atoms with van der Waals surface area (Å²) in [6.45, 7) is 1.89. The molecule has 0 bridgehead atoms. The number of carbonyl (C=O) groups excluding carboxylic acids is 1. The van der Waals surface area contributed by atoms with E-state index in [9.17, 15) is 4.79 Å². The van der Waals surface area contributed by atoms with Crippen LogP contribution in [0, 0.1) is 0 Å². The molecule has 94 valence electrons. The second-order valence-electron chi connectivity index (χ2n) is 4.11. The molecule has 18 heavy (non-hydrogen) atoms. The molecule has 1 aromatic heterocycles. The van der Waals surface area contributed by atoms with Crippen LogP contribution in [0.25, 0.3) is 0 Å². The van der Waals surface area contributed by atoms with Gasteiger partial charge in [-0.15, -0.1) is 0 Å². The van der Waals surface area contributed by atoms with Crippen LogP contribution in [-0.4, -0.2) is 5.91 Å². The van der Waals surface area contributed by atoms with E-state index in [1.807, 2.05) is 25.1 Å². The summed E-state index contributed by atoms with van der Waals surface area (Å²) in [5.41, 5.74) is 0.934. The first-order valence-electron chi connectivity index (χ1n) is 5.72. The molecular weight excluding hydrogens is 250 g/mol. The second kappa shape index (κ2) is 5.74. The van der Waals surface area contributed by atoms with Gasteiger partial charge in [-0.1, -0.05) is 23.7 Å². The van der Waals surface area contributed by atoms with Crippen molar-refractivity contribution in [2.75, 3.05) is 0 Å². The number of hydrogen-bond acceptors (Lipinski definition) is 2. The Kier molecular flexibility index (Phi) is 4.05. The highest BCUT2D eigenvalue weighted by Crippen LogP contribution is 2.13. The Balaban J connectivity index is 1.91. The van der Waals surface area contributed by atoms with Gasteiger partial charge in [0.25, 0.3) is 0 Å². The molecule has 3 nitrogen and oxygen atoms in total. The summed E-state index contributed by atoms with van der Waals surface area (Å²) in [7, 11) is 0. The van der Waals surface area contributed by atoms with Crippen LogP contribution in [0.15, 0.2) is 47.1 Å². The highest BCUT2D eigenvalue weighted by atomic mass is 35.5. The third-order valence-corrected chi connectivity index (χ3v) is 2.88. The van der Waals surface area contributed by atoms with Gasteiger partial charge in [0.1, 0.15) is 5.76 Å². The molecule has 0 aliphatic heterocycles. The van der Waals surface area contributed by atoms with Crippen LogP contribution in [0.5, 0.6) is 0 Å². The maximum atomic E-state index is 11.8. The number of amides is 1. The SMILES string of the molecule is C[C@H](NC(=O)Cc1ccc(Cl)cc1)c1ccco1. The number of furan rings is 1. The van der Waals surface area contributed by atoms with E-state index in [4.69, 9.17) is 16.0 Å². The van der Waals surface area contributed by atoms with Crippen LogP contribution >= 0.6 is 11.6 Å². The molecule has 0 radical (unpaired) electrons. The van der Waals surface area contributed by atoms with E-state index in [2.05, 4.69) is 5.32 Å². The molecule has 0 saturated carbocycles. The first-order valence-corrected chi connectivity index (χ1v) is 6.10. The van der Waals surface area contributed by atoms with Crippen LogP contribution in [0.3, 0.4) is 0 Å². The van der Waals surface area contributed by atoms with E-state index < -0.39 is 0 Å². The largest absolute Gasteiger partial charge is 0.467 e. The van der Waals surface area contributed by atoms with Gasteiger partial charge < -0.3 is 9.73 Å². The normalized spacial score (nSPS) is 12.1. The van der Waals surface area contributed by atoms with Crippen molar-refractivity contribution in [1.29, 1.82) is 0 Å². The maximum Gasteiger partial charge on any atom is 0.224 e. The van der Waals surface area contributed by atoms with Gasteiger partial charge in [0.2, 0.25) is 5.91 Å². The molecule has 2 rings (SSSR count).